The van der Waals surface area contributed by atoms with Crippen LogP contribution in [0, 0.1) is 16.7 Å². The van der Waals surface area contributed by atoms with E-state index >= 15 is 0 Å². The Morgan fingerprint density at radius 2 is 1.71 bits per heavy atom. The fraction of sp³-hybridized carbons (Fsp3) is 0.562. The molecule has 0 atom stereocenters. The summed E-state index contributed by atoms with van der Waals surface area (Å²) < 4.78 is 12.0. The molecule has 0 aromatic heterocycles. The summed E-state index contributed by atoms with van der Waals surface area (Å²) in [5.74, 6) is 0. The summed E-state index contributed by atoms with van der Waals surface area (Å²) in [6, 6.07) is 2.26. The predicted molar refractivity (Wildman–Crippen MR) is 86.0 cm³/mol. The SMILES string of the molecule is C=C/C(=C\C(=C/N)B1OC(C)(C)C(C)(C)O1)C(C)(C)C#N. The average molecular weight is 288 g/mol. The number of hydrogen-bond acceptors (Lipinski definition) is 4. The van der Waals surface area contributed by atoms with Crippen LogP contribution in [0.5, 0.6) is 0 Å². The normalized spacial score (nSPS) is 22.0. The Morgan fingerprint density at radius 1 is 1.24 bits per heavy atom. The van der Waals surface area contributed by atoms with E-state index in [1.165, 1.54) is 6.20 Å². The van der Waals surface area contributed by atoms with Crippen molar-refractivity contribution in [3.05, 3.63) is 36.0 Å². The molecule has 0 aliphatic carbocycles. The third-order valence-corrected chi connectivity index (χ3v) is 4.26. The Hall–Kier alpha value is -1.51. The van der Waals surface area contributed by atoms with Gasteiger partial charge in [0.25, 0.3) is 0 Å². The zero-order chi connectivity index (χ0) is 16.5. The highest BCUT2D eigenvalue weighted by molar-refractivity contribution is 6.55. The van der Waals surface area contributed by atoms with Crippen LogP contribution in [0.3, 0.4) is 0 Å². The number of hydrogen-bond donors (Lipinski definition) is 1. The van der Waals surface area contributed by atoms with Crippen molar-refractivity contribution in [2.75, 3.05) is 0 Å². The van der Waals surface area contributed by atoms with Gasteiger partial charge in [0.05, 0.1) is 22.7 Å². The van der Waals surface area contributed by atoms with Gasteiger partial charge in [0.1, 0.15) is 0 Å². The van der Waals surface area contributed by atoms with Crippen molar-refractivity contribution in [3.8, 4) is 6.07 Å². The minimum atomic E-state index is -0.653. The summed E-state index contributed by atoms with van der Waals surface area (Å²) in [5.41, 5.74) is 5.68. The number of nitrogens with two attached hydrogens (primary N) is 1. The first-order chi connectivity index (χ1) is 9.50. The Labute approximate surface area is 128 Å². The van der Waals surface area contributed by atoms with Gasteiger partial charge in [-0.1, -0.05) is 18.7 Å². The molecule has 114 valence electrons. The van der Waals surface area contributed by atoms with Crippen LogP contribution in [0.15, 0.2) is 36.0 Å². The van der Waals surface area contributed by atoms with Gasteiger partial charge in [-0.2, -0.15) is 5.26 Å². The zero-order valence-electron chi connectivity index (χ0n) is 13.9. The monoisotopic (exact) mass is 288 g/mol. The molecule has 1 saturated heterocycles. The van der Waals surface area contributed by atoms with Crippen LogP contribution >= 0.6 is 0 Å². The maximum absolute atomic E-state index is 9.26. The van der Waals surface area contributed by atoms with E-state index in [1.54, 1.807) is 6.08 Å². The van der Waals surface area contributed by atoms with Crippen molar-refractivity contribution in [3.63, 3.8) is 0 Å². The van der Waals surface area contributed by atoms with E-state index in [0.717, 1.165) is 5.57 Å². The third kappa shape index (κ3) is 3.40. The van der Waals surface area contributed by atoms with Gasteiger partial charge >= 0.3 is 7.12 Å². The number of rotatable bonds is 4. The minimum absolute atomic E-state index is 0.432. The molecule has 5 heteroatoms. The lowest BCUT2D eigenvalue weighted by atomic mass is 9.74. The Bertz CT molecular complexity index is 509. The van der Waals surface area contributed by atoms with E-state index in [2.05, 4.69) is 12.6 Å². The molecule has 21 heavy (non-hydrogen) atoms. The molecule has 0 radical (unpaired) electrons. The molecular formula is C16H25BN2O2. The summed E-state index contributed by atoms with van der Waals surface area (Å²) in [6.45, 7) is 15.4. The topological polar surface area (TPSA) is 68.3 Å². The van der Waals surface area contributed by atoms with Gasteiger partial charge in [-0.3, -0.25) is 0 Å². The van der Waals surface area contributed by atoms with Crippen molar-refractivity contribution in [1.82, 2.24) is 0 Å². The highest BCUT2D eigenvalue weighted by Crippen LogP contribution is 2.39. The first-order valence-corrected chi connectivity index (χ1v) is 7.04. The van der Waals surface area contributed by atoms with Crippen LogP contribution in [0.4, 0.5) is 0 Å². The molecule has 0 aromatic rings. The molecular weight excluding hydrogens is 263 g/mol. The van der Waals surface area contributed by atoms with Crippen LogP contribution in [0.2, 0.25) is 0 Å². The Kier molecular flexibility index (Phi) is 4.77. The van der Waals surface area contributed by atoms with E-state index < -0.39 is 23.7 Å². The van der Waals surface area contributed by atoms with Gasteiger partial charge < -0.3 is 15.0 Å². The largest absolute Gasteiger partial charge is 0.496 e. The molecule has 4 nitrogen and oxygen atoms in total. The molecule has 0 unspecified atom stereocenters. The zero-order valence-corrected chi connectivity index (χ0v) is 13.9. The number of nitriles is 1. The minimum Gasteiger partial charge on any atom is -0.405 e. The van der Waals surface area contributed by atoms with Gasteiger partial charge in [-0.15, -0.1) is 0 Å². The summed E-state index contributed by atoms with van der Waals surface area (Å²) in [7, 11) is -0.551. The first-order valence-electron chi connectivity index (χ1n) is 7.04. The lowest BCUT2D eigenvalue weighted by Crippen LogP contribution is -2.41. The van der Waals surface area contributed by atoms with Crippen molar-refractivity contribution in [2.45, 2.75) is 52.7 Å². The Morgan fingerprint density at radius 3 is 2.05 bits per heavy atom. The lowest BCUT2D eigenvalue weighted by molar-refractivity contribution is 0.00578. The van der Waals surface area contributed by atoms with Crippen LogP contribution in [0.1, 0.15) is 41.5 Å². The van der Waals surface area contributed by atoms with Gasteiger partial charge in [-0.25, -0.2) is 0 Å². The second kappa shape index (κ2) is 5.71. The van der Waals surface area contributed by atoms with Crippen LogP contribution < -0.4 is 5.73 Å². The van der Waals surface area contributed by atoms with Crippen LogP contribution in [0.25, 0.3) is 0 Å². The summed E-state index contributed by atoms with van der Waals surface area (Å²) in [5, 5.41) is 9.26. The van der Waals surface area contributed by atoms with Crippen molar-refractivity contribution in [1.29, 1.82) is 5.26 Å². The van der Waals surface area contributed by atoms with Gasteiger partial charge in [-0.05, 0) is 58.8 Å². The second-order valence-electron chi connectivity index (χ2n) is 6.80. The predicted octanol–water partition coefficient (Wildman–Crippen LogP) is 3.12. The van der Waals surface area contributed by atoms with Gasteiger partial charge in [0.2, 0.25) is 0 Å². The molecule has 2 N–H and O–H groups in total. The molecule has 0 bridgehead atoms. The molecule has 1 fully saturated rings. The van der Waals surface area contributed by atoms with E-state index in [4.69, 9.17) is 15.0 Å². The van der Waals surface area contributed by atoms with E-state index in [0.29, 0.717) is 5.47 Å². The average Bonchev–Trinajstić information content (AvgIpc) is 2.59. The molecule has 0 spiro atoms. The lowest BCUT2D eigenvalue weighted by Gasteiger charge is -2.32. The molecule has 0 amide bonds. The Balaban J connectivity index is 3.13. The van der Waals surface area contributed by atoms with Gasteiger partial charge in [0.15, 0.2) is 0 Å². The molecule has 1 heterocycles. The number of allylic oxidation sites excluding steroid dienone is 4. The third-order valence-electron chi connectivity index (χ3n) is 4.26. The second-order valence-corrected chi connectivity index (χ2v) is 6.80. The van der Waals surface area contributed by atoms with E-state index in [-0.39, 0.29) is 0 Å². The molecule has 1 rings (SSSR count). The molecule has 0 saturated carbocycles. The van der Waals surface area contributed by atoms with Crippen LogP contribution in [-0.4, -0.2) is 18.3 Å². The molecule has 1 aliphatic heterocycles. The highest BCUT2D eigenvalue weighted by Gasteiger charge is 2.52. The first kappa shape index (κ1) is 17.5. The van der Waals surface area contributed by atoms with Crippen molar-refractivity contribution >= 4 is 7.12 Å². The smallest absolute Gasteiger partial charge is 0.405 e. The quantitative estimate of drug-likeness (QED) is 0.637. The number of nitrogens with zero attached hydrogens (tertiary/aromatic N) is 1. The molecule has 0 aromatic carbocycles. The van der Waals surface area contributed by atoms with E-state index in [9.17, 15) is 5.26 Å². The molecule has 1 aliphatic rings. The maximum atomic E-state index is 9.26. The fourth-order valence-electron chi connectivity index (χ4n) is 1.91. The van der Waals surface area contributed by atoms with Crippen LogP contribution in [-0.2, 0) is 9.31 Å². The van der Waals surface area contributed by atoms with E-state index in [1.807, 2.05) is 47.6 Å². The maximum Gasteiger partial charge on any atom is 0.496 e. The highest BCUT2D eigenvalue weighted by atomic mass is 16.7. The van der Waals surface area contributed by atoms with Crippen molar-refractivity contribution < 1.29 is 9.31 Å². The standard InChI is InChI=1S/C16H25BN2O2/c1-8-12(14(2,3)11-19)9-13(10-18)17-20-15(4,5)16(6,7)21-17/h8-10H,1,18H2,2-7H3/b12-9+,13-10+. The summed E-state index contributed by atoms with van der Waals surface area (Å²) in [4.78, 5) is 0. The van der Waals surface area contributed by atoms with Gasteiger partial charge in [0, 0.05) is 0 Å². The van der Waals surface area contributed by atoms with Crippen molar-refractivity contribution in [2.24, 2.45) is 11.1 Å². The summed E-state index contributed by atoms with van der Waals surface area (Å²) >= 11 is 0. The fourth-order valence-corrected chi connectivity index (χ4v) is 1.91. The summed E-state index contributed by atoms with van der Waals surface area (Å²) in [6.07, 6.45) is 4.94.